The first-order valence-electron chi connectivity index (χ1n) is 10.8. The molecule has 0 radical (unpaired) electrons. The SMILES string of the molecule is CCC1CCCCN1C(=O)C(C)Sc1nc2ccccc2c(=O)n1-c1ccc(F)cc1F. The summed E-state index contributed by atoms with van der Waals surface area (Å²) in [5.74, 6) is -1.62. The summed E-state index contributed by atoms with van der Waals surface area (Å²) in [4.78, 5) is 33.0. The van der Waals surface area contributed by atoms with E-state index in [0.717, 1.165) is 54.1 Å². The predicted molar refractivity (Wildman–Crippen MR) is 122 cm³/mol. The van der Waals surface area contributed by atoms with Crippen LogP contribution < -0.4 is 5.56 Å². The van der Waals surface area contributed by atoms with Gasteiger partial charge in [-0.1, -0.05) is 30.8 Å². The third-order valence-electron chi connectivity index (χ3n) is 5.91. The zero-order valence-corrected chi connectivity index (χ0v) is 18.9. The summed E-state index contributed by atoms with van der Waals surface area (Å²) in [7, 11) is 0. The van der Waals surface area contributed by atoms with Gasteiger partial charge in [0.25, 0.3) is 5.56 Å². The van der Waals surface area contributed by atoms with Gasteiger partial charge in [-0.15, -0.1) is 0 Å². The van der Waals surface area contributed by atoms with E-state index in [0.29, 0.717) is 17.4 Å². The van der Waals surface area contributed by atoms with E-state index in [1.54, 1.807) is 31.2 Å². The van der Waals surface area contributed by atoms with Gasteiger partial charge >= 0.3 is 0 Å². The first-order valence-corrected chi connectivity index (χ1v) is 11.7. The lowest BCUT2D eigenvalue weighted by atomic mass is 10.00. The third kappa shape index (κ3) is 4.28. The number of thioether (sulfide) groups is 1. The average Bonchev–Trinajstić information content (AvgIpc) is 2.79. The summed E-state index contributed by atoms with van der Waals surface area (Å²) in [5.41, 5.74) is -0.100. The van der Waals surface area contributed by atoms with Crippen LogP contribution >= 0.6 is 11.8 Å². The van der Waals surface area contributed by atoms with Crippen LogP contribution in [0.4, 0.5) is 8.78 Å². The molecule has 3 aromatic rings. The Hall–Kier alpha value is -2.74. The van der Waals surface area contributed by atoms with Crippen LogP contribution in [0.15, 0.2) is 52.4 Å². The van der Waals surface area contributed by atoms with Crippen molar-refractivity contribution in [3.8, 4) is 5.69 Å². The molecule has 4 rings (SSSR count). The highest BCUT2D eigenvalue weighted by molar-refractivity contribution is 8.00. The molecule has 1 aliphatic heterocycles. The smallest absolute Gasteiger partial charge is 0.266 e. The van der Waals surface area contributed by atoms with Crippen LogP contribution in [-0.4, -0.2) is 38.2 Å². The van der Waals surface area contributed by atoms with E-state index in [-0.39, 0.29) is 22.8 Å². The molecule has 32 heavy (non-hydrogen) atoms. The van der Waals surface area contributed by atoms with E-state index in [9.17, 15) is 18.4 Å². The van der Waals surface area contributed by atoms with Gasteiger partial charge in [0.2, 0.25) is 5.91 Å². The zero-order chi connectivity index (χ0) is 22.8. The molecule has 0 spiro atoms. The highest BCUT2D eigenvalue weighted by Crippen LogP contribution is 2.29. The van der Waals surface area contributed by atoms with Crippen LogP contribution in [0.3, 0.4) is 0 Å². The molecule has 2 atom stereocenters. The molecule has 0 N–H and O–H groups in total. The topological polar surface area (TPSA) is 55.2 Å². The van der Waals surface area contributed by atoms with Crippen LogP contribution in [0.25, 0.3) is 16.6 Å². The predicted octanol–water partition coefficient (Wildman–Crippen LogP) is 4.94. The molecular weight excluding hydrogens is 432 g/mol. The second kappa shape index (κ2) is 9.40. The van der Waals surface area contributed by atoms with Crippen LogP contribution in [-0.2, 0) is 4.79 Å². The van der Waals surface area contributed by atoms with E-state index in [1.807, 2.05) is 4.90 Å². The number of para-hydroxylation sites is 1. The number of fused-ring (bicyclic) bond motifs is 1. The van der Waals surface area contributed by atoms with E-state index < -0.39 is 22.4 Å². The van der Waals surface area contributed by atoms with Crippen molar-refractivity contribution in [2.45, 2.75) is 56.0 Å². The molecule has 5 nitrogen and oxygen atoms in total. The van der Waals surface area contributed by atoms with Gasteiger partial charge in [0, 0.05) is 18.7 Å². The highest BCUT2D eigenvalue weighted by atomic mass is 32.2. The lowest BCUT2D eigenvalue weighted by Gasteiger charge is -2.36. The third-order valence-corrected chi connectivity index (χ3v) is 6.95. The Labute approximate surface area is 189 Å². The van der Waals surface area contributed by atoms with Gasteiger partial charge in [-0.05, 0) is 56.9 Å². The zero-order valence-electron chi connectivity index (χ0n) is 18.1. The normalized spacial score (nSPS) is 17.5. The quantitative estimate of drug-likeness (QED) is 0.403. The molecule has 2 unspecified atom stereocenters. The van der Waals surface area contributed by atoms with Crippen molar-refractivity contribution < 1.29 is 13.6 Å². The Morgan fingerprint density at radius 2 is 2.00 bits per heavy atom. The summed E-state index contributed by atoms with van der Waals surface area (Å²) in [6.07, 6.45) is 3.96. The van der Waals surface area contributed by atoms with Gasteiger partial charge in [-0.3, -0.25) is 14.2 Å². The monoisotopic (exact) mass is 457 g/mol. The number of nitrogens with zero attached hydrogens (tertiary/aromatic N) is 3. The molecular formula is C24H25F2N3O2S. The number of carbonyl (C=O) groups excluding carboxylic acids is 1. The van der Waals surface area contributed by atoms with Crippen molar-refractivity contribution in [3.05, 3.63) is 64.5 Å². The van der Waals surface area contributed by atoms with Crippen LogP contribution in [0.2, 0.25) is 0 Å². The first kappa shape index (κ1) is 22.5. The molecule has 8 heteroatoms. The van der Waals surface area contributed by atoms with E-state index in [2.05, 4.69) is 11.9 Å². The number of carbonyl (C=O) groups is 1. The summed E-state index contributed by atoms with van der Waals surface area (Å²) in [6.45, 7) is 4.57. The van der Waals surface area contributed by atoms with Crippen molar-refractivity contribution in [2.75, 3.05) is 6.54 Å². The lowest BCUT2D eigenvalue weighted by Crippen LogP contribution is -2.46. The highest BCUT2D eigenvalue weighted by Gasteiger charge is 2.30. The second-order valence-electron chi connectivity index (χ2n) is 8.00. The molecule has 1 aliphatic rings. The summed E-state index contributed by atoms with van der Waals surface area (Å²) in [6, 6.07) is 10.1. The number of piperidine rings is 1. The first-order chi connectivity index (χ1) is 15.4. The lowest BCUT2D eigenvalue weighted by molar-refractivity contribution is -0.134. The van der Waals surface area contributed by atoms with Crippen LogP contribution in [0, 0.1) is 11.6 Å². The maximum Gasteiger partial charge on any atom is 0.266 e. The number of likely N-dealkylation sites (tertiary alicyclic amines) is 1. The second-order valence-corrected chi connectivity index (χ2v) is 9.31. The Bertz CT molecular complexity index is 1210. The minimum atomic E-state index is -0.868. The van der Waals surface area contributed by atoms with E-state index >= 15 is 0 Å². The number of rotatable bonds is 5. The molecule has 1 amide bonds. The average molecular weight is 458 g/mol. The molecule has 2 heterocycles. The maximum absolute atomic E-state index is 14.7. The van der Waals surface area contributed by atoms with Crippen molar-refractivity contribution in [1.82, 2.24) is 14.5 Å². The molecule has 1 aromatic heterocycles. The number of hydrogen-bond donors (Lipinski definition) is 0. The number of hydrogen-bond acceptors (Lipinski definition) is 4. The molecule has 0 saturated carbocycles. The van der Waals surface area contributed by atoms with Crippen LogP contribution in [0.5, 0.6) is 0 Å². The fraction of sp³-hybridized carbons (Fsp3) is 0.375. The van der Waals surface area contributed by atoms with E-state index in [4.69, 9.17) is 0 Å². The molecule has 168 valence electrons. The van der Waals surface area contributed by atoms with Crippen LogP contribution in [0.1, 0.15) is 39.5 Å². The Morgan fingerprint density at radius 3 is 2.75 bits per heavy atom. The molecule has 2 aromatic carbocycles. The summed E-state index contributed by atoms with van der Waals surface area (Å²) in [5, 5.41) is -0.00304. The summed E-state index contributed by atoms with van der Waals surface area (Å²) < 4.78 is 29.3. The number of halogens is 2. The standard InChI is InChI=1S/C24H25F2N3O2S/c1-3-17-8-6-7-13-28(17)22(30)15(2)32-24-27-20-10-5-4-9-18(20)23(31)29(24)21-12-11-16(25)14-19(21)26/h4-5,9-12,14-15,17H,3,6-8,13H2,1-2H3. The van der Waals surface area contributed by atoms with Gasteiger partial charge in [0.15, 0.2) is 5.16 Å². The van der Waals surface area contributed by atoms with Gasteiger partial charge in [0.1, 0.15) is 11.6 Å². The van der Waals surface area contributed by atoms with Crippen molar-refractivity contribution in [1.29, 1.82) is 0 Å². The van der Waals surface area contributed by atoms with Gasteiger partial charge < -0.3 is 4.90 Å². The maximum atomic E-state index is 14.7. The largest absolute Gasteiger partial charge is 0.339 e. The molecule has 1 fully saturated rings. The van der Waals surface area contributed by atoms with Crippen molar-refractivity contribution in [2.24, 2.45) is 0 Å². The molecule has 0 aliphatic carbocycles. The van der Waals surface area contributed by atoms with Crippen molar-refractivity contribution in [3.63, 3.8) is 0 Å². The molecule has 0 bridgehead atoms. The Balaban J connectivity index is 1.77. The van der Waals surface area contributed by atoms with Gasteiger partial charge in [0.05, 0.1) is 21.8 Å². The van der Waals surface area contributed by atoms with Crippen molar-refractivity contribution >= 4 is 28.6 Å². The fourth-order valence-corrected chi connectivity index (χ4v) is 5.21. The molecule has 1 saturated heterocycles. The number of benzene rings is 2. The minimum absolute atomic E-state index is 0.0184. The Morgan fingerprint density at radius 1 is 1.22 bits per heavy atom. The fourth-order valence-electron chi connectivity index (χ4n) is 4.22. The summed E-state index contributed by atoms with van der Waals surface area (Å²) >= 11 is 1.12. The van der Waals surface area contributed by atoms with E-state index in [1.165, 1.54) is 6.07 Å². The van der Waals surface area contributed by atoms with Gasteiger partial charge in [-0.2, -0.15) is 0 Å². The van der Waals surface area contributed by atoms with Gasteiger partial charge in [-0.25, -0.2) is 13.8 Å². The Kier molecular flexibility index (Phi) is 6.60. The number of aromatic nitrogens is 2. The minimum Gasteiger partial charge on any atom is -0.339 e. The number of amides is 1.